The van der Waals surface area contributed by atoms with Crippen LogP contribution in [0.3, 0.4) is 0 Å². The van der Waals surface area contributed by atoms with Crippen LogP contribution in [0.15, 0.2) is 48.5 Å². The fraction of sp³-hybridized carbons (Fsp3) is 0.881. The third-order valence-corrected chi connectivity index (χ3v) is 31.2. The lowest BCUT2D eigenvalue weighted by atomic mass is 10.0. The van der Waals surface area contributed by atoms with Gasteiger partial charge in [0.15, 0.2) is 0 Å². The van der Waals surface area contributed by atoms with Gasteiger partial charge in [-0.3, -0.25) is 9.11 Å². The Hall–Kier alpha value is -3.80. The summed E-state index contributed by atoms with van der Waals surface area (Å²) in [6, 6.07) is 13.3. The van der Waals surface area contributed by atoms with Gasteiger partial charge >= 0.3 is 24.5 Å². The van der Waals surface area contributed by atoms with E-state index in [9.17, 15) is 69.6 Å². The van der Waals surface area contributed by atoms with Crippen LogP contribution in [0.5, 0.6) is 11.5 Å². The Labute approximate surface area is 893 Å². The van der Waals surface area contributed by atoms with Gasteiger partial charge in [0.25, 0.3) is 20.2 Å². The van der Waals surface area contributed by atoms with Gasteiger partial charge in [0.1, 0.15) is 11.5 Å². The summed E-state index contributed by atoms with van der Waals surface area (Å²) in [4.78, 5) is 21.6. The molecule has 0 saturated carbocycles. The van der Waals surface area contributed by atoms with Crippen molar-refractivity contribution in [3.63, 3.8) is 0 Å². The molecule has 0 unspecified atom stereocenters. The maximum atomic E-state index is 12.0. The Kier molecular flexibility index (Phi) is 113. The Morgan fingerprint density at radius 3 is 0.459 bits per heavy atom. The predicted octanol–water partition coefficient (Wildman–Crippen LogP) is 39.4. The molecule has 0 atom stereocenters. The number of benzene rings is 2. The highest BCUT2D eigenvalue weighted by atomic mass is 32.2. The molecule has 28 heteroatoms. The van der Waals surface area contributed by atoms with E-state index in [1.54, 1.807) is 48.5 Å². The highest BCUT2D eigenvalue weighted by Crippen LogP contribution is 2.25. The zero-order valence-electron chi connectivity index (χ0n) is 94.1. The van der Waals surface area contributed by atoms with Crippen LogP contribution >= 0.6 is 0 Å². The molecule has 868 valence electrons. The molecule has 0 aliphatic rings. The van der Waals surface area contributed by atoms with Gasteiger partial charge in [-0.15, -0.1) is 9.44 Å². The number of hydrogen-bond acceptors (Lipinski definition) is 12. The van der Waals surface area contributed by atoms with Crippen molar-refractivity contribution in [1.29, 1.82) is 0 Å². The van der Waals surface area contributed by atoms with E-state index >= 15 is 0 Å². The van der Waals surface area contributed by atoms with Crippen molar-refractivity contribution in [3.05, 3.63) is 59.7 Å². The highest BCUT2D eigenvalue weighted by molar-refractivity contribution is 7.89. The molecular weight excluding hydrogens is 1940 g/mol. The molecule has 6 N–H and O–H groups in total. The van der Waals surface area contributed by atoms with E-state index in [2.05, 4.69) is 41.5 Å². The van der Waals surface area contributed by atoms with Crippen molar-refractivity contribution >= 4 is 52.2 Å². The summed E-state index contributed by atoms with van der Waals surface area (Å²) in [5.74, 6) is -1.35. The number of ether oxygens (including phenoxy) is 2. The average Bonchev–Trinajstić information content (AvgIpc) is 0.894. The number of carbonyl (C=O) groups is 2. The maximum absolute atomic E-state index is 12.0. The summed E-state index contributed by atoms with van der Waals surface area (Å²) in [5.41, 5.74) is 0.601. The lowest BCUT2D eigenvalue weighted by molar-refractivity contribution is -0.139. The summed E-state index contributed by atoms with van der Waals surface area (Å²) < 4.78 is 188. The molecule has 0 bridgehead atoms. The van der Waals surface area contributed by atoms with E-state index in [1.165, 1.54) is 462 Å². The van der Waals surface area contributed by atoms with Crippen molar-refractivity contribution < 1.29 is 98.4 Å². The van der Waals surface area contributed by atoms with Crippen LogP contribution in [0, 0.1) is 0 Å². The molecule has 18 nitrogen and oxygen atoms in total. The van der Waals surface area contributed by atoms with Gasteiger partial charge in [0, 0.05) is 0 Å². The summed E-state index contributed by atoms with van der Waals surface area (Å²) in [7, 11) is -15.9. The molecule has 0 saturated heterocycles. The second kappa shape index (κ2) is 111. The second-order valence-electron chi connectivity index (χ2n) is 41.5. The minimum atomic E-state index is -4.87. The van der Waals surface area contributed by atoms with Crippen LogP contribution in [-0.2, 0) is 40.3 Å². The molecule has 2 aromatic carbocycles. The summed E-state index contributed by atoms with van der Waals surface area (Å²) in [5, 5.41) is 17.7. The molecular formula is C118H224F6N2O16S4. The number of aromatic carboxylic acids is 2. The van der Waals surface area contributed by atoms with E-state index < -0.39 is 76.3 Å². The number of carboxylic acids is 2. The van der Waals surface area contributed by atoms with Crippen LogP contribution in [0.4, 0.5) is 26.3 Å². The SMILES string of the molecule is CCCCCCCCCCCCCCCCCCOc1ccc(C(=O)O)cc1.CCCCCCCCCCCCCCCCCCS(=O)(=O)NC(F)(F)F.CCCCCCCCCCCCCCCCCCS(=O)(=O)O.CCCCCCCCCCCCCCCCOc1ccc(C(=O)O)cc1.CCCCCCCCCCCCCCCCS(=O)(=O)NC(F)(F)F.CCCCCCCCCCCCCCCCS(=O)(=O)O. The second-order valence-corrected chi connectivity index (χ2v) is 48.3. The molecule has 2 aromatic rings. The molecule has 0 aliphatic carbocycles. The Morgan fingerprint density at radius 1 is 0.212 bits per heavy atom. The quantitative estimate of drug-likeness (QED) is 0.0155. The lowest BCUT2D eigenvalue weighted by Crippen LogP contribution is -2.38. The fourth-order valence-corrected chi connectivity index (χ4v) is 21.0. The van der Waals surface area contributed by atoms with E-state index in [0.717, 1.165) is 93.3 Å². The van der Waals surface area contributed by atoms with Crippen LogP contribution < -0.4 is 18.9 Å². The van der Waals surface area contributed by atoms with E-state index in [0.29, 0.717) is 54.7 Å². The smallest absolute Gasteiger partial charge is 0.470 e. The van der Waals surface area contributed by atoms with E-state index in [1.807, 2.05) is 0 Å². The minimum absolute atomic E-state index is 0.0779. The van der Waals surface area contributed by atoms with E-state index in [-0.39, 0.29) is 24.3 Å². The number of rotatable bonds is 102. The van der Waals surface area contributed by atoms with Gasteiger partial charge < -0.3 is 19.7 Å². The van der Waals surface area contributed by atoms with Crippen LogP contribution in [-0.4, -0.2) is 114 Å². The number of carboxylic acid groups (broad SMARTS) is 2. The summed E-state index contributed by atoms with van der Waals surface area (Å²) >= 11 is 0. The summed E-state index contributed by atoms with van der Waals surface area (Å²) in [6.45, 7) is 15.0. The first-order valence-electron chi connectivity index (χ1n) is 60.1. The molecule has 0 amide bonds. The van der Waals surface area contributed by atoms with Crippen LogP contribution in [0.2, 0.25) is 0 Å². The molecule has 0 fully saturated rings. The van der Waals surface area contributed by atoms with Gasteiger partial charge in [-0.05, 0) is 87.1 Å². The minimum Gasteiger partial charge on any atom is -0.494 e. The van der Waals surface area contributed by atoms with Gasteiger partial charge in [-0.25, -0.2) is 26.4 Å². The molecule has 0 heterocycles. The first-order chi connectivity index (χ1) is 70.1. The highest BCUT2D eigenvalue weighted by Gasteiger charge is 2.34. The molecule has 0 aromatic heterocycles. The Balaban J connectivity index is -0.000000831. The zero-order chi connectivity index (χ0) is 109. The molecule has 0 radical (unpaired) electrons. The number of hydrogen-bond donors (Lipinski definition) is 6. The molecule has 0 aliphatic heterocycles. The third-order valence-electron chi connectivity index (χ3n) is 26.8. The van der Waals surface area contributed by atoms with Gasteiger partial charge in [0.2, 0.25) is 20.0 Å². The van der Waals surface area contributed by atoms with Gasteiger partial charge in [-0.1, -0.05) is 581 Å². The normalized spacial score (nSPS) is 11.8. The average molecular weight is 2170 g/mol. The molecule has 2 rings (SSSR count). The Bertz CT molecular complexity index is 3510. The number of alkyl halides is 6. The fourth-order valence-electron chi connectivity index (χ4n) is 17.8. The first-order valence-corrected chi connectivity index (χ1v) is 66.6. The topological polar surface area (TPSA) is 294 Å². The van der Waals surface area contributed by atoms with Crippen molar-refractivity contribution in [2.24, 2.45) is 0 Å². The standard InChI is InChI=1S/C25H42O3.C23H38O3.C19H38F3NO2S.C18H38O3S.C17H34F3NO2S.C16H34O3S/c1-2-3-4-5-6-7-8-9-10-11-12-13-14-15-16-17-22-28-24-20-18-23(19-21-24)25(26)27;1-2-3-4-5-6-7-8-9-10-11-12-13-14-15-20-26-22-18-16-21(17-19-22)23(24)25;1-2-3-4-5-6-7-8-9-10-11-12-13-14-15-16-17-18-26(24,25)23-19(20,21)22;1-2-3-4-5-6-7-8-9-10-11-12-13-14-15-16-17-18-22(19,20)21;1-2-3-4-5-6-7-8-9-10-11-12-13-14-15-16-24(22,23)21-17(18,19)20;1-2-3-4-5-6-7-8-9-10-11-12-13-14-15-16-20(17,18)19/h18-21H,2-17,22H2,1H3,(H,26,27);16-19H,2-15,20H2,1H3,(H,24,25);23H,2-18H2,1H3;2-18H2,1H3,(H,19,20,21);21H,2-16H2,1H3;2-16H2,1H3,(H,17,18,19). The monoisotopic (exact) mass is 2170 g/mol. The maximum Gasteiger partial charge on any atom is 0.470 e. The zero-order valence-corrected chi connectivity index (χ0v) is 97.4. The van der Waals surface area contributed by atoms with Gasteiger partial charge in [0.05, 0.1) is 47.4 Å². The number of halogens is 6. The van der Waals surface area contributed by atoms with Crippen molar-refractivity contribution in [3.8, 4) is 11.5 Å². The summed E-state index contributed by atoms with van der Waals surface area (Å²) in [6.07, 6.45) is 103. The number of nitrogens with one attached hydrogen (secondary N) is 2. The molecule has 0 spiro atoms. The predicted molar refractivity (Wildman–Crippen MR) is 606 cm³/mol. The number of sulfonamides is 2. The lowest BCUT2D eigenvalue weighted by Gasteiger charge is -2.09. The van der Waals surface area contributed by atoms with Crippen molar-refractivity contribution in [2.75, 3.05) is 36.2 Å². The van der Waals surface area contributed by atoms with Gasteiger partial charge in [-0.2, -0.15) is 43.2 Å². The Morgan fingerprint density at radius 2 is 0.336 bits per heavy atom. The largest absolute Gasteiger partial charge is 0.494 e. The van der Waals surface area contributed by atoms with Crippen LogP contribution in [0.25, 0.3) is 0 Å². The number of unbranched alkanes of at least 4 members (excludes halogenated alkanes) is 84. The van der Waals surface area contributed by atoms with Crippen molar-refractivity contribution in [1.82, 2.24) is 9.44 Å². The molecule has 146 heavy (non-hydrogen) atoms. The third kappa shape index (κ3) is 131. The van der Waals surface area contributed by atoms with Crippen LogP contribution in [0.1, 0.15) is 640 Å². The van der Waals surface area contributed by atoms with Crippen molar-refractivity contribution in [2.45, 2.75) is 632 Å². The first kappa shape index (κ1) is 148. The van der Waals surface area contributed by atoms with E-state index in [4.69, 9.17) is 28.8 Å².